The highest BCUT2D eigenvalue weighted by Gasteiger charge is 2.31. The molecule has 0 radical (unpaired) electrons. The topological polar surface area (TPSA) is 92.5 Å². The molecule has 1 aliphatic heterocycles. The van der Waals surface area contributed by atoms with Gasteiger partial charge in [-0.2, -0.15) is 4.31 Å². The predicted molar refractivity (Wildman–Crippen MR) is 99.0 cm³/mol. The van der Waals surface area contributed by atoms with Crippen LogP contribution in [0.1, 0.15) is 56.0 Å². The molecule has 1 unspecified atom stereocenters. The van der Waals surface area contributed by atoms with Gasteiger partial charge in [-0.3, -0.25) is 4.79 Å². The standard InChI is InChI=1S/C18H29N3O3S/c1-13-8-9-15(11-16(13)17(22)20-12-18(3,4)19)25(23,24)21-10-6-5-7-14(21)2/h8-9,11,14H,5-7,10,12,19H2,1-4H3,(H,20,22). The number of nitrogens with one attached hydrogen (secondary N) is 1. The van der Waals surface area contributed by atoms with Crippen LogP contribution in [0.5, 0.6) is 0 Å². The number of hydrogen-bond acceptors (Lipinski definition) is 4. The zero-order valence-electron chi connectivity index (χ0n) is 15.5. The molecule has 0 aromatic heterocycles. The Morgan fingerprint density at radius 3 is 2.64 bits per heavy atom. The summed E-state index contributed by atoms with van der Waals surface area (Å²) in [5.74, 6) is -0.306. The maximum atomic E-state index is 13.0. The molecular formula is C18H29N3O3S. The fraction of sp³-hybridized carbons (Fsp3) is 0.611. The molecule has 1 amide bonds. The Labute approximate surface area is 150 Å². The number of rotatable bonds is 5. The van der Waals surface area contributed by atoms with Crippen molar-refractivity contribution in [1.82, 2.24) is 9.62 Å². The highest BCUT2D eigenvalue weighted by Crippen LogP contribution is 2.26. The average Bonchev–Trinajstić information content (AvgIpc) is 2.52. The molecule has 1 aromatic rings. The molecule has 1 aliphatic rings. The van der Waals surface area contributed by atoms with Gasteiger partial charge in [0.15, 0.2) is 0 Å². The molecule has 140 valence electrons. The van der Waals surface area contributed by atoms with E-state index in [0.29, 0.717) is 18.7 Å². The van der Waals surface area contributed by atoms with E-state index in [9.17, 15) is 13.2 Å². The SMILES string of the molecule is Cc1ccc(S(=O)(=O)N2CCCCC2C)cc1C(=O)NCC(C)(C)N. The van der Waals surface area contributed by atoms with Crippen LogP contribution in [0, 0.1) is 6.92 Å². The molecule has 7 heteroatoms. The van der Waals surface area contributed by atoms with Gasteiger partial charge in [-0.25, -0.2) is 8.42 Å². The third kappa shape index (κ3) is 4.80. The van der Waals surface area contributed by atoms with Crippen molar-refractivity contribution in [2.45, 2.75) is 63.4 Å². The van der Waals surface area contributed by atoms with Crippen LogP contribution in [0.15, 0.2) is 23.1 Å². The normalized spacial score (nSPS) is 19.6. The lowest BCUT2D eigenvalue weighted by Gasteiger charge is -2.32. The van der Waals surface area contributed by atoms with Gasteiger partial charge in [0.2, 0.25) is 10.0 Å². The van der Waals surface area contributed by atoms with Gasteiger partial charge in [0.1, 0.15) is 0 Å². The zero-order chi connectivity index (χ0) is 18.8. The summed E-state index contributed by atoms with van der Waals surface area (Å²) in [5.41, 5.74) is 6.47. The Morgan fingerprint density at radius 2 is 2.04 bits per heavy atom. The average molecular weight is 368 g/mol. The van der Waals surface area contributed by atoms with E-state index in [1.807, 2.05) is 20.8 Å². The number of nitrogens with zero attached hydrogens (tertiary/aromatic N) is 1. The van der Waals surface area contributed by atoms with Crippen LogP contribution in [0.25, 0.3) is 0 Å². The van der Waals surface area contributed by atoms with Gasteiger partial charge in [0.05, 0.1) is 4.90 Å². The lowest BCUT2D eigenvalue weighted by atomic mass is 10.1. The number of amides is 1. The number of aryl methyl sites for hydroxylation is 1. The van der Waals surface area contributed by atoms with Crippen molar-refractivity contribution in [3.63, 3.8) is 0 Å². The van der Waals surface area contributed by atoms with Crippen molar-refractivity contribution in [3.05, 3.63) is 29.3 Å². The lowest BCUT2D eigenvalue weighted by Crippen LogP contribution is -2.45. The first-order valence-electron chi connectivity index (χ1n) is 8.72. The van der Waals surface area contributed by atoms with Crippen molar-refractivity contribution in [2.75, 3.05) is 13.1 Å². The van der Waals surface area contributed by atoms with Crippen LogP contribution >= 0.6 is 0 Å². The van der Waals surface area contributed by atoms with E-state index in [0.717, 1.165) is 24.8 Å². The summed E-state index contributed by atoms with van der Waals surface area (Å²) in [4.78, 5) is 12.6. The fourth-order valence-corrected chi connectivity index (χ4v) is 4.70. The number of carbonyl (C=O) groups excluding carboxylic acids is 1. The van der Waals surface area contributed by atoms with E-state index in [2.05, 4.69) is 5.32 Å². The summed E-state index contributed by atoms with van der Waals surface area (Å²) in [6.07, 6.45) is 2.78. The summed E-state index contributed by atoms with van der Waals surface area (Å²) in [6, 6.07) is 4.72. The molecule has 1 heterocycles. The molecule has 25 heavy (non-hydrogen) atoms. The Bertz CT molecular complexity index is 738. The monoisotopic (exact) mass is 367 g/mol. The smallest absolute Gasteiger partial charge is 0.251 e. The van der Waals surface area contributed by atoms with Gasteiger partial charge in [-0.15, -0.1) is 0 Å². The molecular weight excluding hydrogens is 338 g/mol. The van der Waals surface area contributed by atoms with E-state index in [4.69, 9.17) is 5.73 Å². The van der Waals surface area contributed by atoms with Gasteiger partial charge in [0, 0.05) is 30.2 Å². The molecule has 0 bridgehead atoms. The van der Waals surface area contributed by atoms with E-state index < -0.39 is 15.6 Å². The predicted octanol–water partition coefficient (Wildman–Crippen LogP) is 2.03. The molecule has 2 rings (SSSR count). The lowest BCUT2D eigenvalue weighted by molar-refractivity contribution is 0.0945. The number of carbonyl (C=O) groups is 1. The third-order valence-corrected chi connectivity index (χ3v) is 6.52. The first kappa shape index (κ1) is 19.9. The van der Waals surface area contributed by atoms with Crippen molar-refractivity contribution in [3.8, 4) is 0 Å². The molecule has 0 aliphatic carbocycles. The highest BCUT2D eigenvalue weighted by molar-refractivity contribution is 7.89. The number of hydrogen-bond donors (Lipinski definition) is 2. The Morgan fingerprint density at radius 1 is 1.36 bits per heavy atom. The molecule has 1 atom stereocenters. The van der Waals surface area contributed by atoms with E-state index >= 15 is 0 Å². The molecule has 0 spiro atoms. The number of sulfonamides is 1. The molecule has 6 nitrogen and oxygen atoms in total. The Hall–Kier alpha value is -1.44. The van der Waals surface area contributed by atoms with Crippen molar-refractivity contribution in [1.29, 1.82) is 0 Å². The van der Waals surface area contributed by atoms with Gasteiger partial charge in [-0.05, 0) is 58.2 Å². The van der Waals surface area contributed by atoms with Crippen molar-refractivity contribution < 1.29 is 13.2 Å². The number of nitrogens with two attached hydrogens (primary N) is 1. The summed E-state index contributed by atoms with van der Waals surface area (Å²) in [6.45, 7) is 8.20. The van der Waals surface area contributed by atoms with Crippen molar-refractivity contribution in [2.24, 2.45) is 5.73 Å². The largest absolute Gasteiger partial charge is 0.350 e. The van der Waals surface area contributed by atoms with Gasteiger partial charge in [0.25, 0.3) is 5.91 Å². The van der Waals surface area contributed by atoms with Crippen LogP contribution in [0.3, 0.4) is 0 Å². The van der Waals surface area contributed by atoms with Gasteiger partial charge < -0.3 is 11.1 Å². The molecule has 1 aromatic carbocycles. The summed E-state index contributed by atoms with van der Waals surface area (Å²) in [7, 11) is -3.60. The number of piperidine rings is 1. The molecule has 1 saturated heterocycles. The Kier molecular flexibility index (Phi) is 5.91. The quantitative estimate of drug-likeness (QED) is 0.833. The van der Waals surface area contributed by atoms with Gasteiger partial charge in [-0.1, -0.05) is 12.5 Å². The summed E-state index contributed by atoms with van der Waals surface area (Å²) >= 11 is 0. The van der Waals surface area contributed by atoms with Crippen LogP contribution < -0.4 is 11.1 Å². The minimum Gasteiger partial charge on any atom is -0.350 e. The minimum atomic E-state index is -3.60. The van der Waals surface area contributed by atoms with Crippen molar-refractivity contribution >= 4 is 15.9 Å². The van der Waals surface area contributed by atoms with Crippen LogP contribution in [-0.2, 0) is 10.0 Å². The second-order valence-corrected chi connectivity index (χ2v) is 9.50. The maximum absolute atomic E-state index is 13.0. The zero-order valence-corrected chi connectivity index (χ0v) is 16.3. The first-order valence-corrected chi connectivity index (χ1v) is 10.2. The van der Waals surface area contributed by atoms with Crippen LogP contribution in [0.4, 0.5) is 0 Å². The van der Waals surface area contributed by atoms with Crippen LogP contribution in [0.2, 0.25) is 0 Å². The first-order chi connectivity index (χ1) is 11.5. The second-order valence-electron chi connectivity index (χ2n) is 7.61. The number of benzene rings is 1. The van der Waals surface area contributed by atoms with E-state index in [1.54, 1.807) is 23.4 Å². The second kappa shape index (κ2) is 7.43. The van der Waals surface area contributed by atoms with E-state index in [1.165, 1.54) is 6.07 Å². The fourth-order valence-electron chi connectivity index (χ4n) is 2.97. The summed E-state index contributed by atoms with van der Waals surface area (Å²) in [5, 5.41) is 2.77. The molecule has 0 saturated carbocycles. The molecule has 3 N–H and O–H groups in total. The maximum Gasteiger partial charge on any atom is 0.251 e. The third-order valence-electron chi connectivity index (χ3n) is 4.51. The van der Waals surface area contributed by atoms with Crippen LogP contribution in [-0.4, -0.2) is 43.3 Å². The Balaban J connectivity index is 2.30. The molecule has 1 fully saturated rings. The highest BCUT2D eigenvalue weighted by atomic mass is 32.2. The van der Waals surface area contributed by atoms with Gasteiger partial charge >= 0.3 is 0 Å². The summed E-state index contributed by atoms with van der Waals surface area (Å²) < 4.78 is 27.5. The minimum absolute atomic E-state index is 0.0182. The van der Waals surface area contributed by atoms with E-state index in [-0.39, 0.29) is 16.8 Å².